The molecule has 1 fully saturated rings. The maximum Gasteiger partial charge on any atom is 0.311 e. The number of nitrogens with zero attached hydrogens (tertiary/aromatic N) is 1. The Morgan fingerprint density at radius 1 is 1.14 bits per heavy atom. The number of nitrogens with one attached hydrogen (secondary N) is 1. The first-order chi connectivity index (χ1) is 14.0. The van der Waals surface area contributed by atoms with Crippen LogP contribution in [0.5, 0.6) is 5.75 Å². The van der Waals surface area contributed by atoms with E-state index in [2.05, 4.69) is 5.32 Å². The van der Waals surface area contributed by atoms with E-state index in [-0.39, 0.29) is 24.9 Å². The van der Waals surface area contributed by atoms with Gasteiger partial charge < -0.3 is 19.7 Å². The van der Waals surface area contributed by atoms with E-state index in [1.54, 1.807) is 36.3 Å². The number of ether oxygens (including phenoxy) is 2. The summed E-state index contributed by atoms with van der Waals surface area (Å²) in [6.07, 6.45) is 0.0934. The minimum atomic E-state index is -0.567. The normalized spacial score (nSPS) is 17.0. The number of hydrogen-bond donors (Lipinski definition) is 1. The summed E-state index contributed by atoms with van der Waals surface area (Å²) >= 11 is 0. The Balaban J connectivity index is 1.49. The first-order valence-electron chi connectivity index (χ1n) is 9.43. The first kappa shape index (κ1) is 20.4. The highest BCUT2D eigenvalue weighted by atomic mass is 16.5. The van der Waals surface area contributed by atoms with Crippen molar-refractivity contribution in [2.24, 2.45) is 5.92 Å². The number of benzene rings is 2. The molecule has 1 N–H and O–H groups in total. The Morgan fingerprint density at radius 2 is 1.83 bits per heavy atom. The fourth-order valence-corrected chi connectivity index (χ4v) is 3.30. The summed E-state index contributed by atoms with van der Waals surface area (Å²) in [4.78, 5) is 38.4. The van der Waals surface area contributed by atoms with Gasteiger partial charge in [0.2, 0.25) is 5.91 Å². The van der Waals surface area contributed by atoms with E-state index in [0.29, 0.717) is 11.4 Å². The molecule has 1 aliphatic heterocycles. The van der Waals surface area contributed by atoms with Crippen molar-refractivity contribution in [3.8, 4) is 5.75 Å². The maximum atomic E-state index is 12.4. The van der Waals surface area contributed by atoms with Crippen LogP contribution in [0.3, 0.4) is 0 Å². The van der Waals surface area contributed by atoms with Crippen molar-refractivity contribution < 1.29 is 23.9 Å². The number of hydrogen-bond acceptors (Lipinski definition) is 5. The summed E-state index contributed by atoms with van der Waals surface area (Å²) in [6, 6.07) is 16.3. The van der Waals surface area contributed by atoms with Crippen molar-refractivity contribution in [1.29, 1.82) is 0 Å². The third-order valence-corrected chi connectivity index (χ3v) is 4.96. The minimum Gasteiger partial charge on any atom is -0.497 e. The predicted octanol–water partition coefficient (Wildman–Crippen LogP) is 2.79. The summed E-state index contributed by atoms with van der Waals surface area (Å²) in [6.45, 7) is 1.82. The van der Waals surface area contributed by atoms with Gasteiger partial charge >= 0.3 is 5.97 Å². The molecule has 0 bridgehead atoms. The molecule has 1 aliphatic rings. The lowest BCUT2D eigenvalue weighted by atomic mass is 10.1. The third kappa shape index (κ3) is 5.13. The van der Waals surface area contributed by atoms with E-state index in [1.165, 1.54) is 0 Å². The molecule has 2 aromatic rings. The number of rotatable bonds is 7. The van der Waals surface area contributed by atoms with Gasteiger partial charge in [0.25, 0.3) is 5.91 Å². The van der Waals surface area contributed by atoms with Gasteiger partial charge in [-0.3, -0.25) is 14.4 Å². The summed E-state index contributed by atoms with van der Waals surface area (Å²) < 4.78 is 10.2. The fourth-order valence-electron chi connectivity index (χ4n) is 3.30. The number of methoxy groups -OCH3 is 1. The zero-order valence-electron chi connectivity index (χ0n) is 16.5. The van der Waals surface area contributed by atoms with Crippen LogP contribution in [0.15, 0.2) is 54.6 Å². The minimum absolute atomic E-state index is 0.0917. The van der Waals surface area contributed by atoms with Crippen LogP contribution in [0.2, 0.25) is 0 Å². The SMILES string of the molecule is COc1ccc(NC(=O)COC(=O)[C@@H]2CC(=O)N([C@@H](C)c3ccccc3)C2)cc1. The molecule has 0 radical (unpaired) electrons. The number of carbonyl (C=O) groups excluding carboxylic acids is 3. The molecule has 152 valence electrons. The van der Waals surface area contributed by atoms with Crippen LogP contribution < -0.4 is 10.1 Å². The second-order valence-corrected chi connectivity index (χ2v) is 6.92. The van der Waals surface area contributed by atoms with Gasteiger partial charge in [-0.1, -0.05) is 30.3 Å². The van der Waals surface area contributed by atoms with Crippen LogP contribution in [0, 0.1) is 5.92 Å². The van der Waals surface area contributed by atoms with Gasteiger partial charge in [0.1, 0.15) is 5.75 Å². The summed E-state index contributed by atoms with van der Waals surface area (Å²) in [7, 11) is 1.56. The van der Waals surface area contributed by atoms with Crippen LogP contribution >= 0.6 is 0 Å². The van der Waals surface area contributed by atoms with Gasteiger partial charge in [-0.2, -0.15) is 0 Å². The third-order valence-electron chi connectivity index (χ3n) is 4.96. The molecular formula is C22H24N2O5. The monoisotopic (exact) mass is 396 g/mol. The molecule has 0 saturated carbocycles. The second kappa shape index (κ2) is 9.23. The predicted molar refractivity (Wildman–Crippen MR) is 107 cm³/mol. The Kier molecular flexibility index (Phi) is 6.49. The zero-order chi connectivity index (χ0) is 20.8. The molecule has 1 saturated heterocycles. The molecule has 3 rings (SSSR count). The van der Waals surface area contributed by atoms with E-state index < -0.39 is 24.4 Å². The van der Waals surface area contributed by atoms with Gasteiger partial charge in [-0.25, -0.2) is 0 Å². The molecular weight excluding hydrogens is 372 g/mol. The highest BCUT2D eigenvalue weighted by Gasteiger charge is 2.38. The Hall–Kier alpha value is -3.35. The summed E-state index contributed by atoms with van der Waals surface area (Å²) in [5, 5.41) is 2.65. The van der Waals surface area contributed by atoms with Gasteiger partial charge in [0.05, 0.1) is 19.1 Å². The molecule has 0 aromatic heterocycles. The van der Waals surface area contributed by atoms with Crippen molar-refractivity contribution in [2.75, 3.05) is 25.6 Å². The molecule has 7 nitrogen and oxygen atoms in total. The quantitative estimate of drug-likeness (QED) is 0.728. The van der Waals surface area contributed by atoms with Gasteiger partial charge in [0.15, 0.2) is 6.61 Å². The Morgan fingerprint density at radius 3 is 2.48 bits per heavy atom. The molecule has 29 heavy (non-hydrogen) atoms. The summed E-state index contributed by atoms with van der Waals surface area (Å²) in [5.41, 5.74) is 1.58. The van der Waals surface area contributed by atoms with E-state index in [0.717, 1.165) is 5.56 Å². The highest BCUT2D eigenvalue weighted by molar-refractivity contribution is 5.93. The lowest BCUT2D eigenvalue weighted by molar-refractivity contribution is -0.151. The molecule has 0 spiro atoms. The van der Waals surface area contributed by atoms with Gasteiger partial charge in [0, 0.05) is 18.7 Å². The molecule has 1 heterocycles. The van der Waals surface area contributed by atoms with E-state index in [1.807, 2.05) is 37.3 Å². The smallest absolute Gasteiger partial charge is 0.311 e. The standard InChI is InChI=1S/C22H24N2O5/c1-15(16-6-4-3-5-7-16)24-13-17(12-21(24)26)22(27)29-14-20(25)23-18-8-10-19(28-2)11-9-18/h3-11,15,17H,12-14H2,1-2H3,(H,23,25)/t15-,17+/m0/s1. The molecule has 2 aromatic carbocycles. The topological polar surface area (TPSA) is 84.9 Å². The number of likely N-dealkylation sites (tertiary alicyclic amines) is 1. The van der Waals surface area contributed by atoms with Crippen molar-refractivity contribution in [1.82, 2.24) is 4.90 Å². The van der Waals surface area contributed by atoms with Crippen molar-refractivity contribution >= 4 is 23.5 Å². The van der Waals surface area contributed by atoms with Crippen LogP contribution in [-0.4, -0.2) is 42.9 Å². The van der Waals surface area contributed by atoms with Crippen LogP contribution in [0.1, 0.15) is 24.9 Å². The Labute approximate surface area is 169 Å². The van der Waals surface area contributed by atoms with Crippen LogP contribution in [0.4, 0.5) is 5.69 Å². The number of esters is 1. The maximum absolute atomic E-state index is 12.4. The van der Waals surface area contributed by atoms with E-state index in [9.17, 15) is 14.4 Å². The van der Waals surface area contributed by atoms with Crippen molar-refractivity contribution in [3.63, 3.8) is 0 Å². The van der Waals surface area contributed by atoms with Gasteiger partial charge in [-0.15, -0.1) is 0 Å². The first-order valence-corrected chi connectivity index (χ1v) is 9.43. The molecule has 7 heteroatoms. The van der Waals surface area contributed by atoms with Crippen LogP contribution in [0.25, 0.3) is 0 Å². The van der Waals surface area contributed by atoms with Crippen molar-refractivity contribution in [2.45, 2.75) is 19.4 Å². The number of carbonyl (C=O) groups is 3. The molecule has 2 amide bonds. The van der Waals surface area contributed by atoms with Crippen molar-refractivity contribution in [3.05, 3.63) is 60.2 Å². The second-order valence-electron chi connectivity index (χ2n) is 6.92. The summed E-state index contributed by atoms with van der Waals surface area (Å²) in [5.74, 6) is -0.962. The Bertz CT molecular complexity index is 867. The average Bonchev–Trinajstić information content (AvgIpc) is 3.14. The lowest BCUT2D eigenvalue weighted by Gasteiger charge is -2.25. The van der Waals surface area contributed by atoms with E-state index in [4.69, 9.17) is 9.47 Å². The molecule has 0 aliphatic carbocycles. The average molecular weight is 396 g/mol. The van der Waals surface area contributed by atoms with Crippen LogP contribution in [-0.2, 0) is 19.1 Å². The van der Waals surface area contributed by atoms with E-state index >= 15 is 0 Å². The fraction of sp³-hybridized carbons (Fsp3) is 0.318. The molecule has 2 atom stereocenters. The molecule has 0 unspecified atom stereocenters. The largest absolute Gasteiger partial charge is 0.497 e. The highest BCUT2D eigenvalue weighted by Crippen LogP contribution is 2.29. The number of amides is 2. The lowest BCUT2D eigenvalue weighted by Crippen LogP contribution is -2.30. The van der Waals surface area contributed by atoms with Gasteiger partial charge in [-0.05, 0) is 36.8 Å². The zero-order valence-corrected chi connectivity index (χ0v) is 16.5. The number of anilines is 1.